The topological polar surface area (TPSA) is 29.0 Å². The third-order valence-corrected chi connectivity index (χ3v) is 3.80. The van der Waals surface area contributed by atoms with Gasteiger partial charge in [0.15, 0.2) is 5.82 Å². The van der Waals surface area contributed by atoms with E-state index in [0.717, 1.165) is 27.7 Å². The Bertz CT molecular complexity index is 795. The minimum atomic E-state index is 0.504. The zero-order chi connectivity index (χ0) is 15.0. The fraction of sp³-hybridized carbons (Fsp3) is 0.176. The van der Waals surface area contributed by atoms with Crippen LogP contribution >= 0.6 is 11.6 Å². The van der Waals surface area contributed by atoms with Crippen LogP contribution in [-0.4, -0.2) is 24.1 Å². The minimum Gasteiger partial charge on any atom is -0.378 e. The van der Waals surface area contributed by atoms with E-state index in [1.54, 1.807) is 0 Å². The SMILES string of the molecule is Cc1cccc2nc(-c3ccc(N(C)C)cc3)nc(Cl)c12. The van der Waals surface area contributed by atoms with Gasteiger partial charge < -0.3 is 4.90 Å². The van der Waals surface area contributed by atoms with E-state index in [9.17, 15) is 0 Å². The molecule has 1 heterocycles. The van der Waals surface area contributed by atoms with Crippen molar-refractivity contribution in [2.24, 2.45) is 0 Å². The normalized spacial score (nSPS) is 10.9. The van der Waals surface area contributed by atoms with Gasteiger partial charge in [0.25, 0.3) is 0 Å². The van der Waals surface area contributed by atoms with Crippen molar-refractivity contribution in [1.82, 2.24) is 9.97 Å². The Labute approximate surface area is 129 Å². The number of benzene rings is 2. The van der Waals surface area contributed by atoms with E-state index in [-0.39, 0.29) is 0 Å². The van der Waals surface area contributed by atoms with Crippen molar-refractivity contribution < 1.29 is 0 Å². The number of fused-ring (bicyclic) bond motifs is 1. The Balaban J connectivity index is 2.13. The van der Waals surface area contributed by atoms with Crippen LogP contribution in [0.1, 0.15) is 5.56 Å². The van der Waals surface area contributed by atoms with Crippen LogP contribution in [-0.2, 0) is 0 Å². The summed E-state index contributed by atoms with van der Waals surface area (Å²) in [6.45, 7) is 2.02. The van der Waals surface area contributed by atoms with Crippen LogP contribution in [0.3, 0.4) is 0 Å². The quantitative estimate of drug-likeness (QED) is 0.659. The van der Waals surface area contributed by atoms with E-state index < -0.39 is 0 Å². The largest absolute Gasteiger partial charge is 0.378 e. The van der Waals surface area contributed by atoms with Gasteiger partial charge in [-0.05, 0) is 42.8 Å². The molecule has 0 fully saturated rings. The second-order valence-electron chi connectivity index (χ2n) is 5.25. The standard InChI is InChI=1S/C17H16ClN3/c1-11-5-4-6-14-15(11)16(18)20-17(19-14)12-7-9-13(10-8-12)21(2)3/h4-10H,1-3H3. The summed E-state index contributed by atoms with van der Waals surface area (Å²) >= 11 is 6.34. The van der Waals surface area contributed by atoms with Crippen LogP contribution in [0.25, 0.3) is 22.3 Å². The van der Waals surface area contributed by atoms with Gasteiger partial charge in [-0.2, -0.15) is 0 Å². The van der Waals surface area contributed by atoms with Crippen molar-refractivity contribution in [3.05, 3.63) is 53.2 Å². The number of hydrogen-bond acceptors (Lipinski definition) is 3. The molecule has 0 spiro atoms. The molecule has 3 rings (SSSR count). The smallest absolute Gasteiger partial charge is 0.161 e. The molecule has 0 N–H and O–H groups in total. The number of aromatic nitrogens is 2. The van der Waals surface area contributed by atoms with Crippen LogP contribution in [0, 0.1) is 6.92 Å². The van der Waals surface area contributed by atoms with Crippen molar-refractivity contribution in [2.75, 3.05) is 19.0 Å². The van der Waals surface area contributed by atoms with E-state index in [0.29, 0.717) is 11.0 Å². The highest BCUT2D eigenvalue weighted by Gasteiger charge is 2.09. The molecule has 0 bridgehead atoms. The van der Waals surface area contributed by atoms with Crippen molar-refractivity contribution in [3.63, 3.8) is 0 Å². The Kier molecular flexibility index (Phi) is 3.52. The van der Waals surface area contributed by atoms with Crippen LogP contribution in [0.15, 0.2) is 42.5 Å². The highest BCUT2D eigenvalue weighted by Crippen LogP contribution is 2.27. The highest BCUT2D eigenvalue weighted by atomic mass is 35.5. The summed E-state index contributed by atoms with van der Waals surface area (Å²) in [7, 11) is 4.03. The van der Waals surface area contributed by atoms with E-state index in [1.165, 1.54) is 0 Å². The Morgan fingerprint density at radius 1 is 0.952 bits per heavy atom. The maximum atomic E-state index is 6.34. The van der Waals surface area contributed by atoms with Gasteiger partial charge in [-0.25, -0.2) is 9.97 Å². The van der Waals surface area contributed by atoms with Gasteiger partial charge in [-0.15, -0.1) is 0 Å². The molecule has 1 aromatic heterocycles. The second-order valence-corrected chi connectivity index (χ2v) is 5.61. The van der Waals surface area contributed by atoms with Gasteiger partial charge in [0.05, 0.1) is 5.52 Å². The summed E-state index contributed by atoms with van der Waals surface area (Å²) in [4.78, 5) is 11.1. The summed E-state index contributed by atoms with van der Waals surface area (Å²) < 4.78 is 0. The molecule has 3 nitrogen and oxygen atoms in total. The molecule has 0 aliphatic heterocycles. The Morgan fingerprint density at radius 3 is 2.33 bits per heavy atom. The molecule has 0 saturated heterocycles. The van der Waals surface area contributed by atoms with Crippen molar-refractivity contribution in [1.29, 1.82) is 0 Å². The zero-order valence-corrected chi connectivity index (χ0v) is 13.0. The highest BCUT2D eigenvalue weighted by molar-refractivity contribution is 6.34. The molecule has 0 saturated carbocycles. The lowest BCUT2D eigenvalue weighted by Crippen LogP contribution is -2.08. The number of anilines is 1. The van der Waals surface area contributed by atoms with E-state index in [4.69, 9.17) is 11.6 Å². The fourth-order valence-corrected chi connectivity index (χ4v) is 2.67. The molecule has 0 atom stereocenters. The van der Waals surface area contributed by atoms with Crippen LogP contribution < -0.4 is 4.90 Å². The van der Waals surface area contributed by atoms with Crippen molar-refractivity contribution in [2.45, 2.75) is 6.92 Å². The lowest BCUT2D eigenvalue weighted by molar-refractivity contribution is 1.13. The maximum Gasteiger partial charge on any atom is 0.161 e. The Morgan fingerprint density at radius 2 is 1.67 bits per heavy atom. The van der Waals surface area contributed by atoms with Crippen LogP contribution in [0.5, 0.6) is 0 Å². The molecule has 0 aliphatic carbocycles. The minimum absolute atomic E-state index is 0.504. The van der Waals surface area contributed by atoms with Crippen molar-refractivity contribution >= 4 is 28.2 Å². The molecule has 3 aromatic rings. The average Bonchev–Trinajstić information content (AvgIpc) is 2.47. The Hall–Kier alpha value is -2.13. The van der Waals surface area contributed by atoms with E-state index >= 15 is 0 Å². The first-order valence-corrected chi connectivity index (χ1v) is 7.14. The molecule has 106 valence electrons. The third-order valence-electron chi connectivity index (χ3n) is 3.53. The third kappa shape index (κ3) is 2.57. The summed E-state index contributed by atoms with van der Waals surface area (Å²) in [6, 6.07) is 14.1. The summed E-state index contributed by atoms with van der Waals surface area (Å²) in [6.07, 6.45) is 0. The lowest BCUT2D eigenvalue weighted by atomic mass is 10.1. The number of hydrogen-bond donors (Lipinski definition) is 0. The lowest BCUT2D eigenvalue weighted by Gasteiger charge is -2.12. The number of nitrogens with zero attached hydrogens (tertiary/aromatic N) is 3. The van der Waals surface area contributed by atoms with Crippen LogP contribution in [0.4, 0.5) is 5.69 Å². The van der Waals surface area contributed by atoms with Gasteiger partial charge >= 0.3 is 0 Å². The number of aryl methyl sites for hydroxylation is 1. The first-order valence-electron chi connectivity index (χ1n) is 6.77. The summed E-state index contributed by atoms with van der Waals surface area (Å²) in [5.41, 5.74) is 4.07. The first kappa shape index (κ1) is 13.8. The van der Waals surface area contributed by atoms with Gasteiger partial charge in [-0.1, -0.05) is 23.7 Å². The molecular formula is C17H16ClN3. The molecule has 4 heteroatoms. The van der Waals surface area contributed by atoms with Gasteiger partial charge in [0.2, 0.25) is 0 Å². The average molecular weight is 298 g/mol. The molecule has 0 radical (unpaired) electrons. The van der Waals surface area contributed by atoms with E-state index in [2.05, 4.69) is 14.9 Å². The second kappa shape index (κ2) is 5.34. The number of halogens is 1. The maximum absolute atomic E-state index is 6.34. The molecule has 0 amide bonds. The first-order chi connectivity index (χ1) is 10.1. The van der Waals surface area contributed by atoms with Gasteiger partial charge in [0.1, 0.15) is 5.15 Å². The summed E-state index contributed by atoms with van der Waals surface area (Å²) in [5.74, 6) is 0.656. The molecular weight excluding hydrogens is 282 g/mol. The summed E-state index contributed by atoms with van der Waals surface area (Å²) in [5, 5.41) is 1.43. The molecule has 2 aromatic carbocycles. The van der Waals surface area contributed by atoms with Crippen molar-refractivity contribution in [3.8, 4) is 11.4 Å². The number of rotatable bonds is 2. The predicted molar refractivity (Wildman–Crippen MR) is 89.0 cm³/mol. The monoisotopic (exact) mass is 297 g/mol. The zero-order valence-electron chi connectivity index (χ0n) is 12.3. The van der Waals surface area contributed by atoms with Crippen LogP contribution in [0.2, 0.25) is 5.15 Å². The predicted octanol–water partition coefficient (Wildman–Crippen LogP) is 4.32. The van der Waals surface area contributed by atoms with Gasteiger partial charge in [-0.3, -0.25) is 0 Å². The van der Waals surface area contributed by atoms with E-state index in [1.807, 2.05) is 63.5 Å². The fourth-order valence-electron chi connectivity index (χ4n) is 2.34. The van der Waals surface area contributed by atoms with Gasteiger partial charge in [0, 0.05) is 30.7 Å². The molecule has 0 unspecified atom stereocenters. The molecule has 21 heavy (non-hydrogen) atoms. The molecule has 0 aliphatic rings.